The normalized spacial score (nSPS) is 16.5. The second-order valence-electron chi connectivity index (χ2n) is 8.50. The minimum atomic E-state index is -1.26. The fourth-order valence-corrected chi connectivity index (χ4v) is 2.08. The minimum absolute atomic E-state index is 0.0890. The molecular weight excluding hydrogens is 314 g/mol. The van der Waals surface area contributed by atoms with Gasteiger partial charge in [-0.3, -0.25) is 0 Å². The van der Waals surface area contributed by atoms with Crippen LogP contribution in [0.3, 0.4) is 0 Å². The molecule has 0 aliphatic heterocycles. The molecule has 1 aromatic rings. The van der Waals surface area contributed by atoms with E-state index in [1.165, 1.54) is 0 Å². The smallest absolute Gasteiger partial charge is 0.329 e. The van der Waals surface area contributed by atoms with Crippen molar-refractivity contribution in [3.63, 3.8) is 0 Å². The highest BCUT2D eigenvalue weighted by Gasteiger charge is 2.43. The zero-order chi connectivity index (χ0) is 19.3. The second kappa shape index (κ2) is 8.15. The van der Waals surface area contributed by atoms with Gasteiger partial charge in [-0.25, -0.2) is 4.79 Å². The van der Waals surface area contributed by atoms with Crippen LogP contribution < -0.4 is 5.73 Å². The summed E-state index contributed by atoms with van der Waals surface area (Å²) in [7, 11) is 0. The molecule has 0 radical (unpaired) electrons. The molecule has 0 aliphatic rings. The maximum absolute atomic E-state index is 12.8. The van der Waals surface area contributed by atoms with E-state index in [1.54, 1.807) is 0 Å². The first-order valence-electron chi connectivity index (χ1n) is 8.73. The van der Waals surface area contributed by atoms with Gasteiger partial charge in [0.15, 0.2) is 0 Å². The lowest BCUT2D eigenvalue weighted by Gasteiger charge is -2.36. The van der Waals surface area contributed by atoms with Crippen LogP contribution in [0.1, 0.15) is 54.0 Å². The van der Waals surface area contributed by atoms with Gasteiger partial charge in [0.1, 0.15) is 11.1 Å². The van der Waals surface area contributed by atoms with Crippen LogP contribution in [0.25, 0.3) is 6.08 Å². The van der Waals surface area contributed by atoms with Gasteiger partial charge < -0.3 is 15.2 Å². The molecule has 0 fully saturated rings. The summed E-state index contributed by atoms with van der Waals surface area (Å²) in [6.07, 6.45) is 3.90. The maximum Gasteiger partial charge on any atom is 0.329 e. The van der Waals surface area contributed by atoms with Crippen molar-refractivity contribution in [2.45, 2.75) is 65.2 Å². The number of hydrogen-bond acceptors (Lipinski definition) is 4. The largest absolute Gasteiger partial charge is 0.459 e. The van der Waals surface area contributed by atoms with Crippen molar-refractivity contribution in [3.05, 3.63) is 42.0 Å². The third-order valence-corrected chi connectivity index (χ3v) is 3.71. The van der Waals surface area contributed by atoms with Gasteiger partial charge in [-0.15, -0.1) is 0 Å². The predicted molar refractivity (Wildman–Crippen MR) is 103 cm³/mol. The van der Waals surface area contributed by atoms with Crippen LogP contribution in [0.4, 0.5) is 0 Å². The van der Waals surface area contributed by atoms with E-state index in [9.17, 15) is 4.79 Å². The zero-order valence-electron chi connectivity index (χ0n) is 16.6. The lowest BCUT2D eigenvalue weighted by Crippen LogP contribution is -2.59. The third kappa shape index (κ3) is 7.41. The van der Waals surface area contributed by atoms with Gasteiger partial charge in [0, 0.05) is 5.92 Å². The van der Waals surface area contributed by atoms with Crippen LogP contribution in [0.5, 0.6) is 0 Å². The lowest BCUT2D eigenvalue weighted by atomic mass is 9.85. The molecule has 0 bridgehead atoms. The Balaban J connectivity index is 3.03. The minimum Gasteiger partial charge on any atom is -0.459 e. The standard InChI is InChI=1S/C21H33NO3/c1-16(13-14-17-11-9-8-10-12-17)21(22,15-24-19(2,3)4)18(23)25-20(5,6)7/h8-14,16H,15,22H2,1-7H3/b14-13+/t16-,21+/m0/s1. The third-order valence-electron chi connectivity index (χ3n) is 3.71. The summed E-state index contributed by atoms with van der Waals surface area (Å²) >= 11 is 0. The van der Waals surface area contributed by atoms with Crippen LogP contribution in [0.15, 0.2) is 36.4 Å². The highest BCUT2D eigenvalue weighted by atomic mass is 16.6. The Bertz CT molecular complexity index is 581. The quantitative estimate of drug-likeness (QED) is 0.784. The Morgan fingerprint density at radius 1 is 1.08 bits per heavy atom. The summed E-state index contributed by atoms with van der Waals surface area (Å²) in [6, 6.07) is 9.90. The van der Waals surface area contributed by atoms with Gasteiger partial charge in [0.2, 0.25) is 0 Å². The Kier molecular flexibility index (Phi) is 6.98. The highest BCUT2D eigenvalue weighted by Crippen LogP contribution is 2.25. The van der Waals surface area contributed by atoms with Crippen LogP contribution in [0.2, 0.25) is 0 Å². The van der Waals surface area contributed by atoms with Crippen LogP contribution in [-0.4, -0.2) is 29.3 Å². The van der Waals surface area contributed by atoms with E-state index in [4.69, 9.17) is 15.2 Å². The Labute approximate surface area is 152 Å². The summed E-state index contributed by atoms with van der Waals surface area (Å²) < 4.78 is 11.4. The molecule has 140 valence electrons. The van der Waals surface area contributed by atoms with E-state index in [2.05, 4.69) is 0 Å². The first-order chi connectivity index (χ1) is 11.3. The summed E-state index contributed by atoms with van der Waals surface area (Å²) in [5.74, 6) is -0.709. The molecule has 4 heteroatoms. The molecule has 0 heterocycles. The molecule has 1 aromatic carbocycles. The second-order valence-corrected chi connectivity index (χ2v) is 8.50. The molecule has 25 heavy (non-hydrogen) atoms. The topological polar surface area (TPSA) is 61.5 Å². The average Bonchev–Trinajstić information content (AvgIpc) is 2.48. The summed E-state index contributed by atoms with van der Waals surface area (Å²) in [5, 5.41) is 0. The first kappa shape index (κ1) is 21.4. The van der Waals surface area contributed by atoms with E-state index in [0.717, 1.165) is 5.56 Å². The monoisotopic (exact) mass is 347 g/mol. The fraction of sp³-hybridized carbons (Fsp3) is 0.571. The number of hydrogen-bond donors (Lipinski definition) is 1. The maximum atomic E-state index is 12.8. The Morgan fingerprint density at radius 3 is 2.12 bits per heavy atom. The fourth-order valence-electron chi connectivity index (χ4n) is 2.08. The van der Waals surface area contributed by atoms with Crippen LogP contribution in [0, 0.1) is 5.92 Å². The van der Waals surface area contributed by atoms with Gasteiger partial charge in [-0.05, 0) is 47.1 Å². The molecule has 0 saturated heterocycles. The molecule has 0 aliphatic carbocycles. The van der Waals surface area contributed by atoms with Crippen molar-refractivity contribution < 1.29 is 14.3 Å². The van der Waals surface area contributed by atoms with E-state index in [0.29, 0.717) is 0 Å². The van der Waals surface area contributed by atoms with Crippen molar-refractivity contribution >= 4 is 12.0 Å². The van der Waals surface area contributed by atoms with Crippen molar-refractivity contribution in [3.8, 4) is 0 Å². The van der Waals surface area contributed by atoms with Gasteiger partial charge in [-0.2, -0.15) is 0 Å². The number of ether oxygens (including phenoxy) is 2. The molecule has 4 nitrogen and oxygen atoms in total. The molecule has 0 aromatic heterocycles. The number of esters is 1. The Hall–Kier alpha value is -1.65. The number of carbonyl (C=O) groups excluding carboxylic acids is 1. The number of rotatable bonds is 6. The van der Waals surface area contributed by atoms with Gasteiger partial charge >= 0.3 is 5.97 Å². The van der Waals surface area contributed by atoms with Crippen molar-refractivity contribution in [2.75, 3.05) is 6.61 Å². The van der Waals surface area contributed by atoms with Gasteiger partial charge in [-0.1, -0.05) is 49.4 Å². The van der Waals surface area contributed by atoms with E-state index in [1.807, 2.05) is 91.0 Å². The molecular formula is C21H33NO3. The Morgan fingerprint density at radius 2 is 1.64 bits per heavy atom. The van der Waals surface area contributed by atoms with Crippen molar-refractivity contribution in [1.82, 2.24) is 0 Å². The number of carbonyl (C=O) groups is 1. The molecule has 0 unspecified atom stereocenters. The summed E-state index contributed by atoms with van der Waals surface area (Å²) in [6.45, 7) is 13.3. The molecule has 1 rings (SSSR count). The van der Waals surface area contributed by atoms with Crippen LogP contribution in [-0.2, 0) is 14.3 Å². The first-order valence-corrected chi connectivity index (χ1v) is 8.73. The predicted octanol–water partition coefficient (Wildman–Crippen LogP) is 4.19. The van der Waals surface area contributed by atoms with Crippen molar-refractivity contribution in [1.29, 1.82) is 0 Å². The van der Waals surface area contributed by atoms with E-state index in [-0.39, 0.29) is 12.5 Å². The number of nitrogens with two attached hydrogens (primary N) is 1. The lowest BCUT2D eigenvalue weighted by molar-refractivity contribution is -0.168. The van der Waals surface area contributed by atoms with Crippen molar-refractivity contribution in [2.24, 2.45) is 11.7 Å². The molecule has 0 saturated carbocycles. The van der Waals surface area contributed by atoms with Gasteiger partial charge in [0.05, 0.1) is 12.2 Å². The molecule has 0 spiro atoms. The molecule has 2 atom stereocenters. The number of benzene rings is 1. The summed E-state index contributed by atoms with van der Waals surface area (Å²) in [5.41, 5.74) is 5.31. The molecule has 2 N–H and O–H groups in total. The van der Waals surface area contributed by atoms with Crippen LogP contribution >= 0.6 is 0 Å². The van der Waals surface area contributed by atoms with E-state index >= 15 is 0 Å². The van der Waals surface area contributed by atoms with Gasteiger partial charge in [0.25, 0.3) is 0 Å². The SMILES string of the molecule is C[C@@H](/C=C/c1ccccc1)[C@](N)(COC(C)(C)C)C(=O)OC(C)(C)C. The zero-order valence-corrected chi connectivity index (χ0v) is 16.6. The van der Waals surface area contributed by atoms with E-state index < -0.39 is 22.7 Å². The molecule has 0 amide bonds. The summed E-state index contributed by atoms with van der Waals surface area (Å²) in [4.78, 5) is 12.8. The highest BCUT2D eigenvalue weighted by molar-refractivity contribution is 5.82. The average molecular weight is 347 g/mol.